The fourth-order valence-electron chi connectivity index (χ4n) is 3.18. The molecule has 4 heteroatoms. The number of rotatable bonds is 9. The highest BCUT2D eigenvalue weighted by Crippen LogP contribution is 2.34. The molecule has 0 bridgehead atoms. The van der Waals surface area contributed by atoms with Crippen molar-refractivity contribution >= 4 is 0 Å². The highest BCUT2D eigenvalue weighted by Gasteiger charge is 2.38. The Balaban J connectivity index is 1.78. The van der Waals surface area contributed by atoms with Crippen LogP contribution in [0.2, 0.25) is 0 Å². The maximum Gasteiger partial charge on any atom is 0.0700 e. The van der Waals surface area contributed by atoms with E-state index in [1.165, 1.54) is 25.8 Å². The number of methoxy groups -OCH3 is 1. The Bertz CT molecular complexity index is 271. The predicted octanol–water partition coefficient (Wildman–Crippen LogP) is 1.75. The fraction of sp³-hybridized carbons (Fsp3) is 1.00. The van der Waals surface area contributed by atoms with Crippen molar-refractivity contribution in [3.8, 4) is 0 Å². The molecule has 1 aliphatic carbocycles. The Morgan fingerprint density at radius 1 is 1.25 bits per heavy atom. The third kappa shape index (κ3) is 4.69. The van der Waals surface area contributed by atoms with Crippen LogP contribution in [0, 0.1) is 11.8 Å². The first-order valence-electron chi connectivity index (χ1n) is 8.30. The second-order valence-corrected chi connectivity index (χ2v) is 6.41. The number of nitrogens with zero attached hydrogens (tertiary/aromatic N) is 1. The summed E-state index contributed by atoms with van der Waals surface area (Å²) < 4.78 is 10.7. The molecular weight excluding hydrogens is 252 g/mol. The molecule has 0 aromatic carbocycles. The van der Waals surface area contributed by atoms with Crippen molar-refractivity contribution in [1.82, 2.24) is 10.2 Å². The highest BCUT2D eigenvalue weighted by atomic mass is 16.5. The molecule has 4 nitrogen and oxygen atoms in total. The second kappa shape index (κ2) is 8.32. The predicted molar refractivity (Wildman–Crippen MR) is 82.0 cm³/mol. The average Bonchev–Trinajstić information content (AvgIpc) is 3.31. The van der Waals surface area contributed by atoms with Crippen LogP contribution in [0.25, 0.3) is 0 Å². The molecule has 0 amide bonds. The minimum atomic E-state index is 0.668. The molecule has 0 radical (unpaired) electrons. The molecule has 0 aromatic heterocycles. The largest absolute Gasteiger partial charge is 0.382 e. The molecule has 20 heavy (non-hydrogen) atoms. The highest BCUT2D eigenvalue weighted by molar-refractivity contribution is 4.95. The van der Waals surface area contributed by atoms with Gasteiger partial charge in [-0.1, -0.05) is 20.3 Å². The van der Waals surface area contributed by atoms with Gasteiger partial charge in [0, 0.05) is 38.8 Å². The Morgan fingerprint density at radius 2 is 2.05 bits per heavy atom. The second-order valence-electron chi connectivity index (χ2n) is 6.41. The Morgan fingerprint density at radius 3 is 2.70 bits per heavy atom. The topological polar surface area (TPSA) is 33.7 Å². The lowest BCUT2D eigenvalue weighted by molar-refractivity contribution is 0.0267. The Hall–Kier alpha value is -0.160. The first-order chi connectivity index (χ1) is 9.76. The summed E-state index contributed by atoms with van der Waals surface area (Å²) in [7, 11) is 1.72. The molecule has 118 valence electrons. The van der Waals surface area contributed by atoms with Gasteiger partial charge in [-0.25, -0.2) is 0 Å². The van der Waals surface area contributed by atoms with Gasteiger partial charge in [-0.15, -0.1) is 0 Å². The first kappa shape index (κ1) is 16.2. The maximum absolute atomic E-state index is 5.66. The maximum atomic E-state index is 5.66. The fourth-order valence-corrected chi connectivity index (χ4v) is 3.18. The summed E-state index contributed by atoms with van der Waals surface area (Å²) >= 11 is 0. The van der Waals surface area contributed by atoms with Gasteiger partial charge in [0.05, 0.1) is 19.8 Å². The molecule has 2 fully saturated rings. The zero-order valence-corrected chi connectivity index (χ0v) is 13.4. The van der Waals surface area contributed by atoms with Gasteiger partial charge in [0.1, 0.15) is 0 Å². The zero-order chi connectivity index (χ0) is 14.4. The van der Waals surface area contributed by atoms with E-state index in [4.69, 9.17) is 9.47 Å². The average molecular weight is 284 g/mol. The number of hydrogen-bond acceptors (Lipinski definition) is 4. The standard InChI is InChI=1S/C16H32N2O2/c1-4-13(2)16-11-17-15(14-5-6-14)12-18(16)7-8-20-10-9-19-3/h13-17H,4-12H2,1-3H3. The van der Waals surface area contributed by atoms with Crippen LogP contribution in [0.1, 0.15) is 33.1 Å². The molecule has 1 saturated carbocycles. The molecule has 1 heterocycles. The van der Waals surface area contributed by atoms with Gasteiger partial charge in [0.25, 0.3) is 0 Å². The van der Waals surface area contributed by atoms with E-state index < -0.39 is 0 Å². The van der Waals surface area contributed by atoms with Crippen molar-refractivity contribution in [1.29, 1.82) is 0 Å². The van der Waals surface area contributed by atoms with Crippen LogP contribution < -0.4 is 5.32 Å². The van der Waals surface area contributed by atoms with Crippen molar-refractivity contribution in [2.24, 2.45) is 11.8 Å². The van der Waals surface area contributed by atoms with Crippen LogP contribution in [0.4, 0.5) is 0 Å². The number of nitrogens with one attached hydrogen (secondary N) is 1. The summed E-state index contributed by atoms with van der Waals surface area (Å²) in [5, 5.41) is 3.78. The Labute approximate surface area is 124 Å². The molecule has 2 rings (SSSR count). The van der Waals surface area contributed by atoms with Crippen LogP contribution in [0.3, 0.4) is 0 Å². The minimum Gasteiger partial charge on any atom is -0.382 e. The lowest BCUT2D eigenvalue weighted by Gasteiger charge is -2.43. The molecule has 1 saturated heterocycles. The molecule has 1 N–H and O–H groups in total. The molecule has 2 aliphatic rings. The number of piperazine rings is 1. The SMILES string of the molecule is CCC(C)C1CNC(C2CC2)CN1CCOCCOC. The summed E-state index contributed by atoms with van der Waals surface area (Å²) in [6, 6.07) is 1.38. The van der Waals surface area contributed by atoms with Gasteiger partial charge in [0.2, 0.25) is 0 Å². The first-order valence-corrected chi connectivity index (χ1v) is 8.30. The van der Waals surface area contributed by atoms with Crippen molar-refractivity contribution in [2.45, 2.75) is 45.2 Å². The summed E-state index contributed by atoms with van der Waals surface area (Å²) in [4.78, 5) is 2.67. The molecular formula is C16H32N2O2. The van der Waals surface area contributed by atoms with Crippen molar-refractivity contribution in [2.75, 3.05) is 46.6 Å². The monoisotopic (exact) mass is 284 g/mol. The van der Waals surface area contributed by atoms with Gasteiger partial charge < -0.3 is 14.8 Å². The smallest absolute Gasteiger partial charge is 0.0700 e. The van der Waals surface area contributed by atoms with Crippen LogP contribution >= 0.6 is 0 Å². The zero-order valence-electron chi connectivity index (χ0n) is 13.4. The minimum absolute atomic E-state index is 0.668. The van der Waals surface area contributed by atoms with E-state index in [-0.39, 0.29) is 0 Å². The molecule has 1 aliphatic heterocycles. The van der Waals surface area contributed by atoms with Crippen LogP contribution in [0.15, 0.2) is 0 Å². The van der Waals surface area contributed by atoms with E-state index in [0.717, 1.165) is 31.5 Å². The van der Waals surface area contributed by atoms with Gasteiger partial charge in [-0.2, -0.15) is 0 Å². The van der Waals surface area contributed by atoms with Crippen molar-refractivity contribution in [3.63, 3.8) is 0 Å². The number of ether oxygens (including phenoxy) is 2. The molecule has 0 spiro atoms. The lowest BCUT2D eigenvalue weighted by Crippen LogP contribution is -2.59. The van der Waals surface area contributed by atoms with Gasteiger partial charge in [-0.3, -0.25) is 4.90 Å². The quantitative estimate of drug-likeness (QED) is 0.654. The third-order valence-electron chi connectivity index (χ3n) is 4.94. The van der Waals surface area contributed by atoms with Crippen LogP contribution in [-0.4, -0.2) is 63.5 Å². The summed E-state index contributed by atoms with van der Waals surface area (Å²) in [6.45, 7) is 10.3. The van der Waals surface area contributed by atoms with E-state index >= 15 is 0 Å². The molecule has 3 atom stereocenters. The molecule has 0 aromatic rings. The van der Waals surface area contributed by atoms with Gasteiger partial charge in [-0.05, 0) is 24.7 Å². The number of hydrogen-bond donors (Lipinski definition) is 1. The van der Waals surface area contributed by atoms with E-state index in [1.807, 2.05) is 0 Å². The van der Waals surface area contributed by atoms with Crippen molar-refractivity contribution < 1.29 is 9.47 Å². The van der Waals surface area contributed by atoms with E-state index in [2.05, 4.69) is 24.1 Å². The van der Waals surface area contributed by atoms with Crippen molar-refractivity contribution in [3.05, 3.63) is 0 Å². The normalized spacial score (nSPS) is 29.6. The summed E-state index contributed by atoms with van der Waals surface area (Å²) in [6.07, 6.45) is 4.09. The van der Waals surface area contributed by atoms with E-state index in [0.29, 0.717) is 25.3 Å². The van der Waals surface area contributed by atoms with Gasteiger partial charge in [0.15, 0.2) is 0 Å². The summed E-state index contributed by atoms with van der Waals surface area (Å²) in [5.74, 6) is 1.69. The molecule has 3 unspecified atom stereocenters. The van der Waals surface area contributed by atoms with Crippen LogP contribution in [-0.2, 0) is 9.47 Å². The lowest BCUT2D eigenvalue weighted by atomic mass is 9.93. The Kier molecular flexibility index (Phi) is 6.75. The van der Waals surface area contributed by atoms with E-state index in [9.17, 15) is 0 Å². The van der Waals surface area contributed by atoms with Gasteiger partial charge >= 0.3 is 0 Å². The summed E-state index contributed by atoms with van der Waals surface area (Å²) in [5.41, 5.74) is 0. The third-order valence-corrected chi connectivity index (χ3v) is 4.94. The van der Waals surface area contributed by atoms with E-state index in [1.54, 1.807) is 7.11 Å². The van der Waals surface area contributed by atoms with Crippen LogP contribution in [0.5, 0.6) is 0 Å².